The molecule has 9 heteroatoms. The van der Waals surface area contributed by atoms with Crippen molar-refractivity contribution >= 4 is 102 Å². The minimum absolute atomic E-state index is 0.00775. The van der Waals surface area contributed by atoms with Gasteiger partial charge in [-0.05, 0) is 285 Å². The van der Waals surface area contributed by atoms with Crippen molar-refractivity contribution in [1.82, 2.24) is 0 Å². The third-order valence-electron chi connectivity index (χ3n) is 21.4. The first-order chi connectivity index (χ1) is 58.3. The first kappa shape index (κ1) is 50.3. The minimum Gasteiger partial charge on any atom is -0.399 e. The molecule has 0 bridgehead atoms. The van der Waals surface area contributed by atoms with E-state index in [9.17, 15) is 0 Å². The van der Waals surface area contributed by atoms with Gasteiger partial charge in [-0.15, -0.1) is 0 Å². The lowest BCUT2D eigenvalue weighted by molar-refractivity contribution is 0.00578. The van der Waals surface area contributed by atoms with Crippen molar-refractivity contribution in [2.24, 2.45) is 0 Å². The zero-order valence-electron chi connectivity index (χ0n) is 79.7. The van der Waals surface area contributed by atoms with Gasteiger partial charge in [-0.2, -0.15) is 0 Å². The summed E-state index contributed by atoms with van der Waals surface area (Å²) in [6, 6.07) is 56.7. The number of fused-ring (bicyclic) bond motifs is 6. The second-order valence-corrected chi connectivity index (χ2v) is 30.1. The average Bonchev–Trinajstić information content (AvgIpc) is 0.862. The number of rotatable bonds is 9. The van der Waals surface area contributed by atoms with Crippen LogP contribution in [0, 0.1) is 0 Å². The van der Waals surface area contributed by atoms with Gasteiger partial charge in [0.25, 0.3) is 0 Å². The van der Waals surface area contributed by atoms with E-state index in [0.29, 0.717) is 34.2 Å². The molecule has 0 N–H and O–H groups in total. The van der Waals surface area contributed by atoms with Crippen LogP contribution >= 0.6 is 0 Å². The van der Waals surface area contributed by atoms with Gasteiger partial charge in [0.05, 0.1) is 59.7 Å². The van der Waals surface area contributed by atoms with Crippen molar-refractivity contribution in [1.29, 1.82) is 0 Å². The molecule has 0 aromatic heterocycles. The molecule has 15 aromatic rings. The van der Waals surface area contributed by atoms with Crippen LogP contribution in [0.5, 0.6) is 0 Å². The summed E-state index contributed by atoms with van der Waals surface area (Å²) in [7, 11) is -2.11. The van der Waals surface area contributed by atoms with Crippen molar-refractivity contribution in [3.05, 3.63) is 309 Å². The summed E-state index contributed by atoms with van der Waals surface area (Å²) in [5, 5.41) is 7.24. The van der Waals surface area contributed by atoms with Gasteiger partial charge in [0.1, 0.15) is 0 Å². The molecule has 6 nitrogen and oxygen atoms in total. The van der Waals surface area contributed by atoms with Gasteiger partial charge in [0, 0.05) is 0 Å². The van der Waals surface area contributed by atoms with E-state index < -0.39 is 127 Å². The van der Waals surface area contributed by atoms with Crippen LogP contribution in [0.1, 0.15) is 109 Å². The van der Waals surface area contributed by atoms with Gasteiger partial charge < -0.3 is 27.9 Å². The van der Waals surface area contributed by atoms with Gasteiger partial charge in [-0.3, -0.25) is 0 Å². The fourth-order valence-corrected chi connectivity index (χ4v) is 13.0. The van der Waals surface area contributed by atoms with Crippen LogP contribution in [0.15, 0.2) is 309 Å². The molecule has 3 heterocycles. The van der Waals surface area contributed by atoms with Crippen LogP contribution in [0.2, 0.25) is 0 Å². The van der Waals surface area contributed by atoms with Crippen molar-refractivity contribution in [3.8, 4) is 66.8 Å². The van der Waals surface area contributed by atoms with Gasteiger partial charge in [-0.25, -0.2) is 0 Å². The van der Waals surface area contributed by atoms with Gasteiger partial charge in [0.2, 0.25) is 0 Å². The third kappa shape index (κ3) is 13.9. The summed E-state index contributed by atoms with van der Waals surface area (Å²) in [5.41, 5.74) is 4.77. The van der Waals surface area contributed by atoms with E-state index in [1.54, 1.807) is 24.3 Å². The highest BCUT2D eigenvalue weighted by atomic mass is 16.7. The Labute approximate surface area is 646 Å². The predicted molar refractivity (Wildman–Crippen MR) is 444 cm³/mol. The Morgan fingerprint density at radius 3 is 0.962 bits per heavy atom. The van der Waals surface area contributed by atoms with Crippen LogP contribution in [-0.2, 0) is 27.9 Å². The Kier molecular flexibility index (Phi) is 13.0. The maximum absolute atomic E-state index is 9.11. The standard InChI is InChI=1S/3C32H29BO2/c3*1-31(2)32(3,4)35-33(34-31)30-11-7-10-24(21-30)25-14-15-29-20-28(17-16-27(29)19-25)26-13-12-22-8-5-6-9-23(22)18-26/h3*5-21H,1-4H3/i5D,6D,8D,9D,12D,13D,14D,15D,16D,17D,18D,19D,20D;7D,10D,11D,21D;13D,17D. The summed E-state index contributed by atoms with van der Waals surface area (Å²) in [4.78, 5) is 0. The number of benzene rings is 15. The summed E-state index contributed by atoms with van der Waals surface area (Å²) in [5.74, 6) is 0. The molecule has 18 rings (SSSR count). The summed E-state index contributed by atoms with van der Waals surface area (Å²) < 4.78 is 202. The van der Waals surface area contributed by atoms with E-state index >= 15 is 0 Å². The first-order valence-corrected chi connectivity index (χ1v) is 35.3. The van der Waals surface area contributed by atoms with Crippen LogP contribution in [0.25, 0.3) is 131 Å². The average molecular weight is 1390 g/mol. The fourth-order valence-electron chi connectivity index (χ4n) is 13.0. The Morgan fingerprint density at radius 2 is 0.505 bits per heavy atom. The molecule has 516 valence electrons. The Hall–Kier alpha value is -10.2. The SMILES string of the molecule is [2H]c1c([2H])c(B2OC(C)(C)C(C)(C)O2)c([2H])c(-c2ccc3cc(-c4ccc5ccccc5c4)ccc3c2)c1[2H].[2H]c1c([2H])c([2H])c2c([2H])c(-c3c([2H])c([2H])c4c([2H])c(-c5cccc(B6OC(C)(C)C(C)(C)O6)c5)c([2H])c([2H])c4c3[2H])c([2H])c([2H])c2c1[2H].[2H]c1cc2ccccc2cc1-c1cc2ccc(-c3cccc(B4OC(C)(C)C(C)(C)O4)c3)cc2cc1[2H]. The zero-order chi connectivity index (χ0) is 89.2. The topological polar surface area (TPSA) is 55.4 Å². The van der Waals surface area contributed by atoms with Crippen molar-refractivity contribution < 1.29 is 54.0 Å². The van der Waals surface area contributed by atoms with E-state index in [2.05, 4.69) is 100 Å². The van der Waals surface area contributed by atoms with E-state index in [-0.39, 0.29) is 74.0 Å². The lowest BCUT2D eigenvalue weighted by Crippen LogP contribution is -2.41. The Morgan fingerprint density at radius 1 is 0.200 bits per heavy atom. The molecule has 0 spiro atoms. The maximum Gasteiger partial charge on any atom is 0.494 e. The second kappa shape index (κ2) is 27.1. The highest BCUT2D eigenvalue weighted by Gasteiger charge is 2.54. The van der Waals surface area contributed by atoms with Gasteiger partial charge >= 0.3 is 21.4 Å². The monoisotopic (exact) mass is 1390 g/mol. The van der Waals surface area contributed by atoms with Crippen molar-refractivity contribution in [3.63, 3.8) is 0 Å². The largest absolute Gasteiger partial charge is 0.494 e. The maximum atomic E-state index is 9.11. The Balaban J connectivity index is 0.000000139. The highest BCUT2D eigenvalue weighted by Crippen LogP contribution is 2.41. The van der Waals surface area contributed by atoms with Gasteiger partial charge in [-0.1, -0.05) is 254 Å². The second-order valence-electron chi connectivity index (χ2n) is 30.1. The minimum atomic E-state index is -0.955. The van der Waals surface area contributed by atoms with Crippen LogP contribution in [0.4, 0.5) is 0 Å². The van der Waals surface area contributed by atoms with Crippen LogP contribution in [-0.4, -0.2) is 55.0 Å². The molecule has 3 aliphatic heterocycles. The molecule has 0 amide bonds. The smallest absolute Gasteiger partial charge is 0.399 e. The van der Waals surface area contributed by atoms with E-state index in [1.165, 1.54) is 10.8 Å². The molecule has 0 saturated carbocycles. The molecule has 0 aliphatic carbocycles. The Bertz CT molecular complexity index is 6970. The molecule has 0 unspecified atom stereocenters. The number of hydrogen-bond donors (Lipinski definition) is 0. The predicted octanol–water partition coefficient (Wildman–Crippen LogP) is 22.9. The molecule has 3 saturated heterocycles. The van der Waals surface area contributed by atoms with Gasteiger partial charge in [0.15, 0.2) is 0 Å². The molecule has 0 radical (unpaired) electrons. The first-order valence-electron chi connectivity index (χ1n) is 44.8. The molecule has 15 aromatic carbocycles. The lowest BCUT2D eigenvalue weighted by Gasteiger charge is -2.32. The molecular formula is C96H87B3O6. The van der Waals surface area contributed by atoms with E-state index in [4.69, 9.17) is 54.0 Å². The molecule has 3 aliphatic rings. The third-order valence-corrected chi connectivity index (χ3v) is 21.4. The summed E-state index contributed by atoms with van der Waals surface area (Å²) >= 11 is 0. The molecular weight excluding hydrogens is 1280 g/mol. The fraction of sp³-hybridized carbons (Fsp3) is 0.188. The molecule has 105 heavy (non-hydrogen) atoms. The zero-order valence-corrected chi connectivity index (χ0v) is 60.7. The normalized spacial score (nSPS) is 19.3. The van der Waals surface area contributed by atoms with Crippen LogP contribution < -0.4 is 16.4 Å². The van der Waals surface area contributed by atoms with E-state index in [0.717, 1.165) is 71.2 Å². The van der Waals surface area contributed by atoms with Crippen LogP contribution in [0.3, 0.4) is 0 Å². The van der Waals surface area contributed by atoms with Crippen molar-refractivity contribution in [2.75, 3.05) is 0 Å². The lowest BCUT2D eigenvalue weighted by atomic mass is 9.78. The summed E-state index contributed by atoms with van der Waals surface area (Å²) in [6.07, 6.45) is 0. The molecule has 3 fully saturated rings. The highest BCUT2D eigenvalue weighted by molar-refractivity contribution is 6.63. The van der Waals surface area contributed by atoms with E-state index in [1.807, 2.05) is 152 Å². The molecule has 0 atom stereocenters. The van der Waals surface area contributed by atoms with Crippen molar-refractivity contribution in [2.45, 2.75) is 117 Å². The summed E-state index contributed by atoms with van der Waals surface area (Å²) in [6.45, 7) is 23.5. The quantitative estimate of drug-likeness (QED) is 0.134. The number of hydrogen-bond acceptors (Lipinski definition) is 6.